The van der Waals surface area contributed by atoms with Crippen molar-refractivity contribution in [3.8, 4) is 16.9 Å². The van der Waals surface area contributed by atoms with Crippen LogP contribution < -0.4 is 0 Å². The van der Waals surface area contributed by atoms with E-state index >= 15 is 0 Å². The number of unbranched alkanes of at least 4 members (excludes halogenated alkanes) is 1. The molecule has 0 saturated carbocycles. The Morgan fingerprint density at radius 2 is 1.78 bits per heavy atom. The Labute approximate surface area is 113 Å². The highest BCUT2D eigenvalue weighted by Crippen LogP contribution is 2.37. The maximum absolute atomic E-state index is 12.1. The molecule has 0 aliphatic rings. The Hall–Kier alpha value is -1.47. The molecule has 2 aromatic rings. The predicted octanol–water partition coefficient (Wildman–Crippen LogP) is 5.49. The van der Waals surface area contributed by atoms with Gasteiger partial charge in [0.2, 0.25) is 0 Å². The van der Waals surface area contributed by atoms with Crippen LogP contribution in [-0.4, -0.2) is 0 Å². The first-order valence-electron chi connectivity index (χ1n) is 6.28. The summed E-state index contributed by atoms with van der Waals surface area (Å²) < 4.78 is 0. The van der Waals surface area contributed by atoms with Gasteiger partial charge in [-0.05, 0) is 36.1 Å². The normalized spacial score (nSPS) is 10.6. The highest BCUT2D eigenvalue weighted by molar-refractivity contribution is 6.31. The third-order valence-corrected chi connectivity index (χ3v) is 3.41. The molecular weight excluding hydrogens is 244 g/mol. The quantitative estimate of drug-likeness (QED) is 0.692. The van der Waals surface area contributed by atoms with Gasteiger partial charge in [0, 0.05) is 10.6 Å². The van der Waals surface area contributed by atoms with E-state index in [0.29, 0.717) is 5.02 Å². The molecule has 0 fully saturated rings. The summed E-state index contributed by atoms with van der Waals surface area (Å²) in [5.41, 5.74) is 2.70. The molecule has 18 heavy (non-hydrogen) atoms. The molecule has 0 unspecified atom stereocenters. The van der Waals surface area contributed by atoms with Gasteiger partial charge in [0.05, 0.1) is 0 Å². The van der Waals surface area contributed by atoms with Crippen LogP contribution in [0.2, 0.25) is 5.02 Å². The van der Waals surface area contributed by atoms with E-state index in [2.05, 4.69) is 6.92 Å². The third kappa shape index (κ3) is 2.68. The number of halogens is 1. The molecule has 0 heterocycles. The van der Waals surface area contributed by atoms with E-state index in [1.54, 1.807) is 12.1 Å². The first kappa shape index (κ1) is 13.0. The highest BCUT2D eigenvalue weighted by Gasteiger charge is 2.14. The lowest BCUT2D eigenvalue weighted by Crippen LogP contribution is -1.92. The second kappa shape index (κ2) is 5.92. The molecule has 1 radical (unpaired) electrons. The van der Waals surface area contributed by atoms with Crippen LogP contribution in [0.1, 0.15) is 25.3 Å². The standard InChI is InChI=1S/C16H16ClO/c1-2-3-9-13-14(17)10-11-15(18)16(13)12-7-5-4-6-8-12/h4-8,10-11H,2-3,9H2,1H3. The minimum Gasteiger partial charge on any atom is -0.289 e. The van der Waals surface area contributed by atoms with Crippen molar-refractivity contribution < 1.29 is 5.11 Å². The summed E-state index contributed by atoms with van der Waals surface area (Å²) in [5, 5.41) is 12.8. The van der Waals surface area contributed by atoms with Crippen LogP contribution in [0.4, 0.5) is 0 Å². The third-order valence-electron chi connectivity index (χ3n) is 3.06. The second-order valence-electron chi connectivity index (χ2n) is 4.37. The molecule has 0 aromatic heterocycles. The average molecular weight is 260 g/mol. The molecule has 1 nitrogen and oxygen atoms in total. The largest absolute Gasteiger partial charge is 0.289 e. The molecule has 0 aliphatic carbocycles. The summed E-state index contributed by atoms with van der Waals surface area (Å²) in [4.78, 5) is 0. The molecule has 0 saturated heterocycles. The van der Waals surface area contributed by atoms with Gasteiger partial charge >= 0.3 is 0 Å². The van der Waals surface area contributed by atoms with Crippen molar-refractivity contribution in [2.45, 2.75) is 26.2 Å². The molecule has 0 amide bonds. The van der Waals surface area contributed by atoms with Crippen molar-refractivity contribution >= 4 is 11.6 Å². The summed E-state index contributed by atoms with van der Waals surface area (Å²) in [6.45, 7) is 2.14. The molecule has 2 rings (SSSR count). The lowest BCUT2D eigenvalue weighted by Gasteiger charge is -2.12. The van der Waals surface area contributed by atoms with Crippen molar-refractivity contribution in [2.75, 3.05) is 0 Å². The van der Waals surface area contributed by atoms with Gasteiger partial charge < -0.3 is 0 Å². The van der Waals surface area contributed by atoms with Crippen LogP contribution >= 0.6 is 11.6 Å². The molecular formula is C16H16ClO. The molecule has 2 aromatic carbocycles. The smallest absolute Gasteiger partial charge is 0.186 e. The summed E-state index contributed by atoms with van der Waals surface area (Å²) >= 11 is 6.25. The molecule has 93 valence electrons. The fraction of sp³-hybridized carbons (Fsp3) is 0.250. The van der Waals surface area contributed by atoms with Crippen molar-refractivity contribution in [1.82, 2.24) is 0 Å². The average Bonchev–Trinajstić information content (AvgIpc) is 2.40. The van der Waals surface area contributed by atoms with Crippen LogP contribution in [-0.2, 0) is 11.5 Å². The van der Waals surface area contributed by atoms with Crippen molar-refractivity contribution in [3.63, 3.8) is 0 Å². The lowest BCUT2D eigenvalue weighted by molar-refractivity contribution is 0.356. The van der Waals surface area contributed by atoms with Crippen LogP contribution in [0.3, 0.4) is 0 Å². The number of hydrogen-bond donors (Lipinski definition) is 0. The zero-order valence-electron chi connectivity index (χ0n) is 10.4. The topological polar surface area (TPSA) is 19.9 Å². The van der Waals surface area contributed by atoms with Crippen molar-refractivity contribution in [2.24, 2.45) is 0 Å². The van der Waals surface area contributed by atoms with Gasteiger partial charge in [0.1, 0.15) is 0 Å². The molecule has 2 heteroatoms. The van der Waals surface area contributed by atoms with E-state index in [1.807, 2.05) is 30.3 Å². The minimum absolute atomic E-state index is 0.0525. The van der Waals surface area contributed by atoms with Gasteiger partial charge in [-0.15, -0.1) is 0 Å². The SMILES string of the molecule is CCCCc1c(Cl)ccc([O])c1-c1ccccc1. The van der Waals surface area contributed by atoms with Gasteiger partial charge in [-0.3, -0.25) is 5.11 Å². The summed E-state index contributed by atoms with van der Waals surface area (Å²) in [7, 11) is 0. The monoisotopic (exact) mass is 259 g/mol. The molecule has 0 atom stereocenters. The Bertz CT molecular complexity index is 520. The van der Waals surface area contributed by atoms with Crippen molar-refractivity contribution in [1.29, 1.82) is 0 Å². The van der Waals surface area contributed by atoms with E-state index in [1.165, 1.54) is 0 Å². The van der Waals surface area contributed by atoms with Gasteiger partial charge in [-0.25, -0.2) is 0 Å². The molecule has 0 spiro atoms. The van der Waals surface area contributed by atoms with Gasteiger partial charge in [0.25, 0.3) is 0 Å². The Balaban J connectivity index is 2.53. The van der Waals surface area contributed by atoms with E-state index < -0.39 is 0 Å². The molecule has 0 aliphatic heterocycles. The fourth-order valence-corrected chi connectivity index (χ4v) is 2.37. The van der Waals surface area contributed by atoms with E-state index in [0.717, 1.165) is 36.0 Å². The Morgan fingerprint density at radius 1 is 1.06 bits per heavy atom. The second-order valence-corrected chi connectivity index (χ2v) is 4.78. The fourth-order valence-electron chi connectivity index (χ4n) is 2.12. The summed E-state index contributed by atoms with van der Waals surface area (Å²) in [6, 6.07) is 13.0. The van der Waals surface area contributed by atoms with E-state index in [4.69, 9.17) is 11.6 Å². The zero-order valence-corrected chi connectivity index (χ0v) is 11.2. The Kier molecular flexibility index (Phi) is 4.27. The van der Waals surface area contributed by atoms with Gasteiger partial charge in [0.15, 0.2) is 5.75 Å². The summed E-state index contributed by atoms with van der Waals surface area (Å²) in [5.74, 6) is 0.0525. The minimum atomic E-state index is 0.0525. The number of rotatable bonds is 4. The van der Waals surface area contributed by atoms with Gasteiger partial charge in [-0.1, -0.05) is 55.3 Å². The maximum Gasteiger partial charge on any atom is 0.186 e. The lowest BCUT2D eigenvalue weighted by atomic mass is 9.95. The highest BCUT2D eigenvalue weighted by atomic mass is 35.5. The molecule has 0 N–H and O–H groups in total. The first-order valence-corrected chi connectivity index (χ1v) is 6.65. The van der Waals surface area contributed by atoms with Crippen LogP contribution in [0.5, 0.6) is 5.75 Å². The van der Waals surface area contributed by atoms with Crippen LogP contribution in [0.15, 0.2) is 42.5 Å². The van der Waals surface area contributed by atoms with Crippen LogP contribution in [0.25, 0.3) is 11.1 Å². The number of hydrogen-bond acceptors (Lipinski definition) is 0. The van der Waals surface area contributed by atoms with Gasteiger partial charge in [-0.2, -0.15) is 0 Å². The maximum atomic E-state index is 12.1. The van der Waals surface area contributed by atoms with Crippen molar-refractivity contribution in [3.05, 3.63) is 53.1 Å². The predicted molar refractivity (Wildman–Crippen MR) is 75.6 cm³/mol. The van der Waals surface area contributed by atoms with Crippen LogP contribution in [0, 0.1) is 0 Å². The summed E-state index contributed by atoms with van der Waals surface area (Å²) in [6.07, 6.45) is 2.99. The Morgan fingerprint density at radius 3 is 2.44 bits per heavy atom. The van der Waals surface area contributed by atoms with E-state index in [-0.39, 0.29) is 5.75 Å². The zero-order chi connectivity index (χ0) is 13.0. The molecule has 0 bridgehead atoms. The number of benzene rings is 2. The first-order chi connectivity index (χ1) is 8.74. The van der Waals surface area contributed by atoms with E-state index in [9.17, 15) is 5.11 Å².